The van der Waals surface area contributed by atoms with Crippen molar-refractivity contribution in [3.05, 3.63) is 0 Å². The first-order valence-electron chi connectivity index (χ1n) is 26.8. The van der Waals surface area contributed by atoms with Gasteiger partial charge in [0.1, 0.15) is 0 Å². The number of amides is 1. The molecule has 352 valence electrons. The molecule has 2 atom stereocenters. The summed E-state index contributed by atoms with van der Waals surface area (Å²) in [4.78, 5) is 24.5. The summed E-state index contributed by atoms with van der Waals surface area (Å²) in [5, 5.41) is 23.3. The quantitative estimate of drug-likeness (QED) is 0.0419. The standard InChI is InChI=1S/C53H105NO5/c1-3-5-7-9-11-13-15-17-19-20-21-22-23-24-26-29-33-37-41-45-51(56)50(49-55)54-52(57)46-42-38-34-30-28-32-36-40-44-48-59-53(58)47-43-39-35-31-27-25-18-16-14-12-10-8-6-4-2/h50-51,55-56H,3-49H2,1-2H3,(H,54,57). The fourth-order valence-corrected chi connectivity index (χ4v) is 8.52. The van der Waals surface area contributed by atoms with Crippen LogP contribution in [0.3, 0.4) is 0 Å². The van der Waals surface area contributed by atoms with Crippen LogP contribution in [0.2, 0.25) is 0 Å². The summed E-state index contributed by atoms with van der Waals surface area (Å²) in [6, 6.07) is -0.560. The first-order chi connectivity index (χ1) is 29.0. The van der Waals surface area contributed by atoms with E-state index in [9.17, 15) is 19.8 Å². The molecule has 0 bridgehead atoms. The van der Waals surface area contributed by atoms with Gasteiger partial charge in [-0.15, -0.1) is 0 Å². The van der Waals surface area contributed by atoms with Gasteiger partial charge >= 0.3 is 5.97 Å². The van der Waals surface area contributed by atoms with Crippen LogP contribution >= 0.6 is 0 Å². The normalized spacial score (nSPS) is 12.5. The van der Waals surface area contributed by atoms with Gasteiger partial charge in [-0.2, -0.15) is 0 Å². The summed E-state index contributed by atoms with van der Waals surface area (Å²) in [7, 11) is 0. The second-order valence-corrected chi connectivity index (χ2v) is 18.6. The highest BCUT2D eigenvalue weighted by atomic mass is 16.5. The van der Waals surface area contributed by atoms with Crippen molar-refractivity contribution >= 4 is 11.9 Å². The Bertz CT molecular complexity index is 837. The fourth-order valence-electron chi connectivity index (χ4n) is 8.52. The summed E-state index contributed by atoms with van der Waals surface area (Å²) in [6.07, 6.45) is 55.0. The van der Waals surface area contributed by atoms with E-state index < -0.39 is 12.1 Å². The number of nitrogens with one attached hydrogen (secondary N) is 1. The van der Waals surface area contributed by atoms with Crippen molar-refractivity contribution in [1.82, 2.24) is 5.32 Å². The van der Waals surface area contributed by atoms with Crippen LogP contribution in [-0.4, -0.2) is 47.4 Å². The van der Waals surface area contributed by atoms with Crippen LogP contribution in [0.15, 0.2) is 0 Å². The van der Waals surface area contributed by atoms with Gasteiger partial charge in [0.25, 0.3) is 0 Å². The van der Waals surface area contributed by atoms with Crippen LogP contribution < -0.4 is 5.32 Å². The highest BCUT2D eigenvalue weighted by Gasteiger charge is 2.20. The van der Waals surface area contributed by atoms with E-state index in [2.05, 4.69) is 19.2 Å². The molecule has 0 aromatic heterocycles. The fraction of sp³-hybridized carbons (Fsp3) is 0.962. The van der Waals surface area contributed by atoms with Crippen molar-refractivity contribution in [3.8, 4) is 0 Å². The number of aliphatic hydroxyl groups is 2. The number of carbonyl (C=O) groups is 2. The molecule has 1 amide bonds. The van der Waals surface area contributed by atoms with Gasteiger partial charge < -0.3 is 20.3 Å². The lowest BCUT2D eigenvalue weighted by Gasteiger charge is -2.22. The van der Waals surface area contributed by atoms with Crippen molar-refractivity contribution in [2.45, 2.75) is 315 Å². The summed E-state index contributed by atoms with van der Waals surface area (Å²) in [5.41, 5.74) is 0. The molecule has 0 saturated carbocycles. The van der Waals surface area contributed by atoms with Gasteiger partial charge in [0.2, 0.25) is 5.91 Å². The number of unbranched alkanes of at least 4 members (excludes halogenated alkanes) is 39. The highest BCUT2D eigenvalue weighted by Crippen LogP contribution is 2.17. The third kappa shape index (κ3) is 46.2. The topological polar surface area (TPSA) is 95.9 Å². The van der Waals surface area contributed by atoms with Crippen molar-refractivity contribution in [1.29, 1.82) is 0 Å². The Hall–Kier alpha value is -1.14. The van der Waals surface area contributed by atoms with E-state index in [1.807, 2.05) is 0 Å². The Morgan fingerprint density at radius 1 is 0.407 bits per heavy atom. The van der Waals surface area contributed by atoms with Crippen LogP contribution in [0.4, 0.5) is 0 Å². The molecule has 6 nitrogen and oxygen atoms in total. The predicted octanol–water partition coefficient (Wildman–Crippen LogP) is 16.0. The van der Waals surface area contributed by atoms with Crippen molar-refractivity contribution in [2.24, 2.45) is 0 Å². The molecule has 3 N–H and O–H groups in total. The van der Waals surface area contributed by atoms with Crippen molar-refractivity contribution in [3.63, 3.8) is 0 Å². The zero-order chi connectivity index (χ0) is 43.0. The lowest BCUT2D eigenvalue weighted by atomic mass is 10.0. The van der Waals surface area contributed by atoms with E-state index in [1.165, 1.54) is 212 Å². The second-order valence-electron chi connectivity index (χ2n) is 18.6. The van der Waals surface area contributed by atoms with Gasteiger partial charge in [-0.1, -0.05) is 264 Å². The number of aliphatic hydroxyl groups excluding tert-OH is 2. The van der Waals surface area contributed by atoms with E-state index in [1.54, 1.807) is 0 Å². The van der Waals surface area contributed by atoms with Gasteiger partial charge in [0.15, 0.2) is 0 Å². The number of carbonyl (C=O) groups excluding carboxylic acids is 2. The highest BCUT2D eigenvalue weighted by molar-refractivity contribution is 5.76. The third-order valence-corrected chi connectivity index (χ3v) is 12.7. The number of hydrogen-bond acceptors (Lipinski definition) is 5. The van der Waals surface area contributed by atoms with E-state index in [-0.39, 0.29) is 18.5 Å². The smallest absolute Gasteiger partial charge is 0.305 e. The van der Waals surface area contributed by atoms with Crippen LogP contribution in [-0.2, 0) is 14.3 Å². The molecule has 2 unspecified atom stereocenters. The van der Waals surface area contributed by atoms with Crippen LogP contribution in [0.25, 0.3) is 0 Å². The molecule has 0 aliphatic carbocycles. The minimum atomic E-state index is -0.680. The SMILES string of the molecule is CCCCCCCCCCCCCCCCCCCCCC(O)C(CO)NC(=O)CCCCCCCCCCCOC(=O)CCCCCCCCCCCCCCCC. The van der Waals surface area contributed by atoms with Crippen LogP contribution in [0.1, 0.15) is 303 Å². The zero-order valence-electron chi connectivity index (χ0n) is 40.0. The lowest BCUT2D eigenvalue weighted by molar-refractivity contribution is -0.143. The predicted molar refractivity (Wildman–Crippen MR) is 255 cm³/mol. The van der Waals surface area contributed by atoms with Crippen LogP contribution in [0, 0.1) is 0 Å². The summed E-state index contributed by atoms with van der Waals surface area (Å²) >= 11 is 0. The Balaban J connectivity index is 3.47. The van der Waals surface area contributed by atoms with Gasteiger partial charge in [-0.3, -0.25) is 9.59 Å². The molecule has 0 aromatic carbocycles. The second kappa shape index (κ2) is 49.5. The van der Waals surface area contributed by atoms with Gasteiger partial charge in [-0.05, 0) is 25.7 Å². The minimum Gasteiger partial charge on any atom is -0.466 e. The number of ether oxygens (including phenoxy) is 1. The molecule has 0 fully saturated rings. The van der Waals surface area contributed by atoms with Gasteiger partial charge in [0.05, 0.1) is 25.4 Å². The largest absolute Gasteiger partial charge is 0.466 e. The van der Waals surface area contributed by atoms with Gasteiger partial charge in [0, 0.05) is 12.8 Å². The zero-order valence-corrected chi connectivity index (χ0v) is 40.0. The average molecular weight is 836 g/mol. The molecular weight excluding hydrogens is 731 g/mol. The molecule has 0 aliphatic heterocycles. The third-order valence-electron chi connectivity index (χ3n) is 12.7. The van der Waals surface area contributed by atoms with E-state index in [0.717, 1.165) is 57.8 Å². The molecular formula is C53H105NO5. The molecule has 0 rings (SSSR count). The molecule has 59 heavy (non-hydrogen) atoms. The van der Waals surface area contributed by atoms with E-state index in [0.29, 0.717) is 25.9 Å². The first kappa shape index (κ1) is 57.9. The summed E-state index contributed by atoms with van der Waals surface area (Å²) in [6.45, 7) is 4.91. The maximum absolute atomic E-state index is 12.5. The van der Waals surface area contributed by atoms with Crippen molar-refractivity contribution < 1.29 is 24.5 Å². The first-order valence-corrected chi connectivity index (χ1v) is 26.8. The molecule has 0 spiro atoms. The molecule has 0 heterocycles. The van der Waals surface area contributed by atoms with Crippen molar-refractivity contribution in [2.75, 3.05) is 13.2 Å². The Labute approximate surface area is 368 Å². The molecule has 6 heteroatoms. The maximum Gasteiger partial charge on any atom is 0.305 e. The average Bonchev–Trinajstić information content (AvgIpc) is 3.24. The maximum atomic E-state index is 12.5. The lowest BCUT2D eigenvalue weighted by Crippen LogP contribution is -2.45. The number of hydrogen-bond donors (Lipinski definition) is 3. The molecule has 0 radical (unpaired) electrons. The summed E-state index contributed by atoms with van der Waals surface area (Å²) < 4.78 is 5.45. The minimum absolute atomic E-state index is 0.0216. The molecule has 0 saturated heterocycles. The van der Waals surface area contributed by atoms with Crippen LogP contribution in [0.5, 0.6) is 0 Å². The van der Waals surface area contributed by atoms with Gasteiger partial charge in [-0.25, -0.2) is 0 Å². The molecule has 0 aliphatic rings. The monoisotopic (exact) mass is 836 g/mol. The van der Waals surface area contributed by atoms with E-state index in [4.69, 9.17) is 4.74 Å². The molecule has 0 aromatic rings. The Morgan fingerprint density at radius 3 is 1.03 bits per heavy atom. The Kier molecular flexibility index (Phi) is 48.6. The Morgan fingerprint density at radius 2 is 0.695 bits per heavy atom. The van der Waals surface area contributed by atoms with E-state index >= 15 is 0 Å². The summed E-state index contributed by atoms with van der Waals surface area (Å²) in [5.74, 6) is -0.0803. The number of rotatable bonds is 50. The number of esters is 1.